The number of thiazole rings is 1. The van der Waals surface area contributed by atoms with E-state index in [1.54, 1.807) is 22.9 Å². The van der Waals surface area contributed by atoms with Crippen LogP contribution in [-0.2, 0) is 0 Å². The third-order valence-corrected chi connectivity index (χ3v) is 4.66. The number of carbonyl (C=O) groups excluding carboxylic acids is 1. The molecular formula is C16H11IN2OS. The van der Waals surface area contributed by atoms with E-state index in [9.17, 15) is 4.79 Å². The Hall–Kier alpha value is -1.73. The van der Waals surface area contributed by atoms with E-state index in [0.717, 1.165) is 9.26 Å². The summed E-state index contributed by atoms with van der Waals surface area (Å²) in [7, 11) is 0. The van der Waals surface area contributed by atoms with Gasteiger partial charge in [-0.15, -0.1) is 0 Å². The van der Waals surface area contributed by atoms with Gasteiger partial charge in [-0.2, -0.15) is 0 Å². The molecule has 104 valence electrons. The highest BCUT2D eigenvalue weighted by atomic mass is 127. The highest BCUT2D eigenvalue weighted by Crippen LogP contribution is 2.16. The van der Waals surface area contributed by atoms with Gasteiger partial charge >= 0.3 is 0 Å². The minimum Gasteiger partial charge on any atom is -0.292 e. The molecular weight excluding hydrogens is 395 g/mol. The first-order chi connectivity index (χ1) is 10.1. The average Bonchev–Trinajstić information content (AvgIpc) is 2.90. The van der Waals surface area contributed by atoms with Crippen molar-refractivity contribution in [3.8, 4) is 5.69 Å². The number of hydrogen-bond acceptors (Lipinski definition) is 3. The summed E-state index contributed by atoms with van der Waals surface area (Å²) < 4.78 is 2.87. The Balaban J connectivity index is 2.00. The summed E-state index contributed by atoms with van der Waals surface area (Å²) in [5.41, 5.74) is 1.54. The van der Waals surface area contributed by atoms with Crippen LogP contribution in [0.4, 0.5) is 0 Å². The van der Waals surface area contributed by atoms with Crippen LogP contribution < -0.4 is 4.80 Å². The van der Waals surface area contributed by atoms with E-state index < -0.39 is 0 Å². The lowest BCUT2D eigenvalue weighted by Crippen LogP contribution is -2.09. The number of hydrogen-bond donors (Lipinski definition) is 1. The van der Waals surface area contributed by atoms with Gasteiger partial charge in [0.2, 0.25) is 5.78 Å². The molecule has 0 aliphatic heterocycles. The number of carbonyl (C=O) groups is 1. The monoisotopic (exact) mass is 406 g/mol. The fourth-order valence-electron chi connectivity index (χ4n) is 1.99. The van der Waals surface area contributed by atoms with Crippen LogP contribution in [0.2, 0.25) is 0 Å². The highest BCUT2D eigenvalue weighted by molar-refractivity contribution is 14.1. The molecule has 0 unspecified atom stereocenters. The fourth-order valence-corrected chi connectivity index (χ4v) is 3.18. The molecule has 0 radical (unpaired) electrons. The van der Waals surface area contributed by atoms with E-state index in [1.165, 1.54) is 11.3 Å². The molecule has 21 heavy (non-hydrogen) atoms. The van der Waals surface area contributed by atoms with E-state index in [4.69, 9.17) is 5.41 Å². The maximum Gasteiger partial charge on any atom is 0.204 e. The van der Waals surface area contributed by atoms with E-state index in [1.807, 2.05) is 42.5 Å². The molecule has 0 bridgehead atoms. The molecule has 0 amide bonds. The van der Waals surface area contributed by atoms with E-state index >= 15 is 0 Å². The summed E-state index contributed by atoms with van der Waals surface area (Å²) in [6.45, 7) is 0. The second-order valence-electron chi connectivity index (χ2n) is 4.44. The molecule has 5 heteroatoms. The summed E-state index contributed by atoms with van der Waals surface area (Å²) in [6, 6.07) is 17.0. The summed E-state index contributed by atoms with van der Waals surface area (Å²) >= 11 is 3.43. The lowest BCUT2D eigenvalue weighted by molar-refractivity contribution is 0.104. The number of nitrogens with one attached hydrogen (secondary N) is 1. The van der Waals surface area contributed by atoms with Gasteiger partial charge in [0.15, 0.2) is 4.80 Å². The molecule has 0 aliphatic carbocycles. The summed E-state index contributed by atoms with van der Waals surface area (Å²) in [4.78, 5) is 13.3. The smallest absolute Gasteiger partial charge is 0.204 e. The fraction of sp³-hybridized carbons (Fsp3) is 0. The SMILES string of the molecule is N=c1sc(C(=O)c2ccccc2)cn1-c1ccc(I)cc1. The number of ketones is 1. The van der Waals surface area contributed by atoms with Crippen LogP contribution in [0.25, 0.3) is 5.69 Å². The van der Waals surface area contributed by atoms with Gasteiger partial charge in [0, 0.05) is 21.0 Å². The number of halogens is 1. The number of nitrogens with zero attached hydrogens (tertiary/aromatic N) is 1. The molecule has 1 heterocycles. The molecule has 2 aromatic carbocycles. The molecule has 0 spiro atoms. The second kappa shape index (κ2) is 5.95. The Kier molecular flexibility index (Phi) is 4.03. The van der Waals surface area contributed by atoms with Gasteiger partial charge in [-0.25, -0.2) is 0 Å². The van der Waals surface area contributed by atoms with Crippen LogP contribution in [0.5, 0.6) is 0 Å². The zero-order valence-corrected chi connectivity index (χ0v) is 13.9. The van der Waals surface area contributed by atoms with Gasteiger partial charge in [-0.05, 0) is 46.9 Å². The molecule has 0 fully saturated rings. The van der Waals surface area contributed by atoms with Crippen molar-refractivity contribution in [2.24, 2.45) is 0 Å². The van der Waals surface area contributed by atoms with Gasteiger partial charge in [0.05, 0.1) is 4.88 Å². The van der Waals surface area contributed by atoms with Gasteiger partial charge in [0.25, 0.3) is 0 Å². The van der Waals surface area contributed by atoms with E-state index in [2.05, 4.69) is 22.6 Å². The number of aromatic nitrogens is 1. The van der Waals surface area contributed by atoms with Crippen molar-refractivity contribution in [1.29, 1.82) is 5.41 Å². The average molecular weight is 406 g/mol. The van der Waals surface area contributed by atoms with Gasteiger partial charge in [-0.1, -0.05) is 41.7 Å². The maximum atomic E-state index is 12.4. The standard InChI is InChI=1S/C16H11IN2OS/c17-12-6-8-13(9-7-12)19-10-14(21-16(19)18)15(20)11-4-2-1-3-5-11/h1-10,18H. The molecule has 3 rings (SSSR count). The van der Waals surface area contributed by atoms with Crippen LogP contribution in [0.3, 0.4) is 0 Å². The Morgan fingerprint density at radius 3 is 2.38 bits per heavy atom. The van der Waals surface area contributed by atoms with Crippen LogP contribution in [0.1, 0.15) is 15.2 Å². The van der Waals surface area contributed by atoms with Crippen molar-refractivity contribution in [3.63, 3.8) is 0 Å². The molecule has 0 saturated heterocycles. The first kappa shape index (κ1) is 14.2. The van der Waals surface area contributed by atoms with E-state index in [0.29, 0.717) is 15.2 Å². The summed E-state index contributed by atoms with van der Waals surface area (Å²) in [5.74, 6) is -0.0432. The number of benzene rings is 2. The maximum absolute atomic E-state index is 12.4. The molecule has 0 atom stereocenters. The predicted molar refractivity (Wildman–Crippen MR) is 92.1 cm³/mol. The molecule has 0 aliphatic rings. The minimum atomic E-state index is -0.0432. The van der Waals surface area contributed by atoms with Gasteiger partial charge in [0.1, 0.15) is 0 Å². The minimum absolute atomic E-state index is 0.0432. The molecule has 3 aromatic rings. The van der Waals surface area contributed by atoms with Crippen molar-refractivity contribution < 1.29 is 4.79 Å². The summed E-state index contributed by atoms with van der Waals surface area (Å²) in [6.07, 6.45) is 1.74. The van der Waals surface area contributed by atoms with Crippen molar-refractivity contribution in [2.75, 3.05) is 0 Å². The Bertz CT molecular complexity index is 835. The largest absolute Gasteiger partial charge is 0.292 e. The van der Waals surface area contributed by atoms with Crippen molar-refractivity contribution in [1.82, 2.24) is 4.57 Å². The third-order valence-electron chi connectivity index (χ3n) is 3.04. The van der Waals surface area contributed by atoms with Crippen LogP contribution in [0, 0.1) is 8.98 Å². The Labute approximate surface area is 139 Å². The van der Waals surface area contributed by atoms with Crippen molar-refractivity contribution >= 4 is 39.7 Å². The number of rotatable bonds is 3. The van der Waals surface area contributed by atoms with Crippen LogP contribution >= 0.6 is 33.9 Å². The first-order valence-electron chi connectivity index (χ1n) is 6.28. The Morgan fingerprint density at radius 2 is 1.71 bits per heavy atom. The normalized spacial score (nSPS) is 10.5. The second-order valence-corrected chi connectivity index (χ2v) is 6.72. The van der Waals surface area contributed by atoms with E-state index in [-0.39, 0.29) is 5.78 Å². The third kappa shape index (κ3) is 2.98. The lowest BCUT2D eigenvalue weighted by Gasteiger charge is -2.01. The first-order valence-corrected chi connectivity index (χ1v) is 8.17. The lowest BCUT2D eigenvalue weighted by atomic mass is 10.1. The van der Waals surface area contributed by atoms with Gasteiger partial charge in [-0.3, -0.25) is 14.8 Å². The van der Waals surface area contributed by atoms with Crippen LogP contribution in [-0.4, -0.2) is 10.4 Å². The zero-order chi connectivity index (χ0) is 14.8. The highest BCUT2D eigenvalue weighted by Gasteiger charge is 2.13. The Morgan fingerprint density at radius 1 is 1.05 bits per heavy atom. The topological polar surface area (TPSA) is 45.9 Å². The molecule has 3 nitrogen and oxygen atoms in total. The van der Waals surface area contributed by atoms with Crippen molar-refractivity contribution in [2.45, 2.75) is 0 Å². The quantitative estimate of drug-likeness (QED) is 0.521. The van der Waals surface area contributed by atoms with Crippen LogP contribution in [0.15, 0.2) is 60.8 Å². The predicted octanol–water partition coefficient (Wildman–Crippen LogP) is 3.85. The summed E-state index contributed by atoms with van der Waals surface area (Å²) in [5, 5.41) is 8.07. The van der Waals surface area contributed by atoms with Gasteiger partial charge < -0.3 is 0 Å². The van der Waals surface area contributed by atoms with Crippen molar-refractivity contribution in [3.05, 3.63) is 79.6 Å². The molecule has 1 aromatic heterocycles. The molecule has 1 N–H and O–H groups in total. The molecule has 0 saturated carbocycles. The zero-order valence-electron chi connectivity index (χ0n) is 10.9.